The number of aromatic nitrogens is 4. The number of alkyl halides is 3. The molecule has 1 saturated heterocycles. The molecule has 2 aromatic carbocycles. The van der Waals surface area contributed by atoms with Gasteiger partial charge in [-0.05, 0) is 48.4 Å². The van der Waals surface area contributed by atoms with Crippen LogP contribution in [0, 0.1) is 0 Å². The van der Waals surface area contributed by atoms with Crippen LogP contribution in [0.1, 0.15) is 27.6 Å². The number of halogens is 3. The molecule has 4 aromatic rings. The first-order valence-electron chi connectivity index (χ1n) is 13.3. The topological polar surface area (TPSA) is 98.3 Å². The number of nitrogens with one attached hydrogen (secondary N) is 1. The molecule has 0 bridgehead atoms. The van der Waals surface area contributed by atoms with Gasteiger partial charge < -0.3 is 19.4 Å². The van der Waals surface area contributed by atoms with Gasteiger partial charge in [0.05, 0.1) is 12.7 Å². The van der Waals surface area contributed by atoms with Gasteiger partial charge in [0.15, 0.2) is 5.82 Å². The van der Waals surface area contributed by atoms with Crippen LogP contribution in [0.3, 0.4) is 0 Å². The highest BCUT2D eigenvalue weighted by molar-refractivity contribution is 5.91. The maximum absolute atomic E-state index is 13.6. The smallest absolute Gasteiger partial charge is 0.416 e. The quantitative estimate of drug-likeness (QED) is 0.310. The van der Waals surface area contributed by atoms with Gasteiger partial charge in [-0.2, -0.15) is 18.3 Å². The van der Waals surface area contributed by atoms with Crippen LogP contribution >= 0.6 is 0 Å². The third kappa shape index (κ3) is 4.97. The number of amides is 1. The second kappa shape index (κ2) is 9.93. The van der Waals surface area contributed by atoms with Gasteiger partial charge in [0.1, 0.15) is 16.7 Å². The number of carbonyl (C=O) groups is 1. The lowest BCUT2D eigenvalue weighted by Gasteiger charge is -2.21. The molecular weight excluding hydrogens is 513 g/mol. The Bertz CT molecular complexity index is 1600. The molecular formula is C27H25F3N6O3. The maximum Gasteiger partial charge on any atom is 0.416 e. The van der Waals surface area contributed by atoms with Crippen LogP contribution < -0.4 is 10.1 Å². The Balaban J connectivity index is 1.43. The minimum Gasteiger partial charge on any atom is -0.497 e. The summed E-state index contributed by atoms with van der Waals surface area (Å²) in [7, 11) is 1.57. The summed E-state index contributed by atoms with van der Waals surface area (Å²) in [6.45, 7) is 1.90. The maximum atomic E-state index is 13.6. The number of methoxy groups -OCH3 is 1. The third-order valence-corrected chi connectivity index (χ3v) is 6.55. The molecule has 2 aromatic heterocycles. The van der Waals surface area contributed by atoms with E-state index in [4.69, 9.17) is 13.3 Å². The summed E-state index contributed by atoms with van der Waals surface area (Å²) in [6.07, 6.45) is -1.59. The molecule has 1 aliphatic heterocycles. The first kappa shape index (κ1) is 22.4. The molecule has 1 aliphatic rings. The van der Waals surface area contributed by atoms with E-state index in [1.807, 2.05) is 12.1 Å². The fraction of sp³-hybridized carbons (Fsp3) is 0.259. The van der Waals surface area contributed by atoms with Gasteiger partial charge in [0.25, 0.3) is 5.89 Å². The van der Waals surface area contributed by atoms with Crippen molar-refractivity contribution in [3.8, 4) is 17.2 Å². The summed E-state index contributed by atoms with van der Waals surface area (Å²) < 4.78 is 73.9. The average Bonchev–Trinajstić information content (AvgIpc) is 3.67. The summed E-state index contributed by atoms with van der Waals surface area (Å²) in [5.74, 6) is 0.186. The summed E-state index contributed by atoms with van der Waals surface area (Å²) >= 11 is 0. The van der Waals surface area contributed by atoms with Crippen molar-refractivity contribution in [3.05, 3.63) is 84.4 Å². The number of hydrogen-bond acceptors (Lipinski definition) is 7. The van der Waals surface area contributed by atoms with Crippen molar-refractivity contribution in [2.24, 2.45) is 6.98 Å². The van der Waals surface area contributed by atoms with E-state index in [-0.39, 0.29) is 34.8 Å². The number of ether oxygens (including phenoxy) is 1. The fourth-order valence-electron chi connectivity index (χ4n) is 4.39. The Morgan fingerprint density at radius 1 is 1.21 bits per heavy atom. The van der Waals surface area contributed by atoms with E-state index in [0.29, 0.717) is 29.9 Å². The zero-order valence-corrected chi connectivity index (χ0v) is 20.7. The van der Waals surface area contributed by atoms with Crippen molar-refractivity contribution >= 4 is 17.4 Å². The SMILES string of the molecule is [2H]C([2H])([2H])n1cc(-c2nnc([C@]3(C=C)CCN(Cc4ccc(OC)cc4)C3=O)o2)c(Nc2ccc(C(F)(F)F)cc2)n1. The first-order chi connectivity index (χ1) is 19.8. The number of rotatable bonds is 8. The molecule has 9 nitrogen and oxygen atoms in total. The van der Waals surface area contributed by atoms with Crippen LogP contribution in [0.4, 0.5) is 24.7 Å². The highest BCUT2D eigenvalue weighted by Crippen LogP contribution is 2.39. The summed E-state index contributed by atoms with van der Waals surface area (Å²) in [5.41, 5.74) is -0.975. The van der Waals surface area contributed by atoms with Gasteiger partial charge >= 0.3 is 6.18 Å². The van der Waals surface area contributed by atoms with E-state index < -0.39 is 24.1 Å². The molecule has 0 aliphatic carbocycles. The van der Waals surface area contributed by atoms with Crippen molar-refractivity contribution in [1.82, 2.24) is 24.9 Å². The van der Waals surface area contributed by atoms with Crippen molar-refractivity contribution in [1.29, 1.82) is 0 Å². The number of likely N-dealkylation sites (tertiary alicyclic amines) is 1. The first-order valence-corrected chi connectivity index (χ1v) is 11.8. The Labute approximate surface area is 226 Å². The minimum atomic E-state index is -4.52. The molecule has 0 spiro atoms. The van der Waals surface area contributed by atoms with Crippen molar-refractivity contribution in [2.75, 3.05) is 19.0 Å². The zero-order valence-electron chi connectivity index (χ0n) is 23.7. The van der Waals surface area contributed by atoms with Gasteiger partial charge in [-0.25, -0.2) is 0 Å². The van der Waals surface area contributed by atoms with Crippen LogP contribution in [0.2, 0.25) is 0 Å². The van der Waals surface area contributed by atoms with E-state index in [0.717, 1.165) is 23.9 Å². The molecule has 1 amide bonds. The average molecular weight is 542 g/mol. The lowest BCUT2D eigenvalue weighted by atomic mass is 9.86. The van der Waals surface area contributed by atoms with Gasteiger partial charge in [0.2, 0.25) is 11.8 Å². The van der Waals surface area contributed by atoms with Crippen LogP contribution in [0.25, 0.3) is 11.5 Å². The highest BCUT2D eigenvalue weighted by atomic mass is 19.4. The van der Waals surface area contributed by atoms with E-state index in [1.165, 1.54) is 18.2 Å². The van der Waals surface area contributed by atoms with E-state index >= 15 is 0 Å². The van der Waals surface area contributed by atoms with Gasteiger partial charge in [-0.15, -0.1) is 16.8 Å². The summed E-state index contributed by atoms with van der Waals surface area (Å²) in [6, 6.07) is 11.4. The zero-order chi connectivity index (χ0) is 30.3. The number of anilines is 2. The van der Waals surface area contributed by atoms with Crippen LogP contribution in [-0.4, -0.2) is 44.4 Å². The van der Waals surface area contributed by atoms with Crippen molar-refractivity contribution in [3.63, 3.8) is 0 Å². The molecule has 1 atom stereocenters. The molecule has 0 saturated carbocycles. The number of hydrogen-bond donors (Lipinski definition) is 1. The lowest BCUT2D eigenvalue weighted by molar-refractivity contribution is -0.137. The second-order valence-corrected chi connectivity index (χ2v) is 8.95. The normalized spacial score (nSPS) is 18.9. The van der Waals surface area contributed by atoms with Crippen LogP contribution in [0.5, 0.6) is 5.75 Å². The van der Waals surface area contributed by atoms with Crippen LogP contribution in [-0.2, 0) is 29.9 Å². The van der Waals surface area contributed by atoms with Crippen LogP contribution in [0.15, 0.2) is 71.8 Å². The molecule has 202 valence electrons. The molecule has 0 unspecified atom stereocenters. The molecule has 1 N–H and O–H groups in total. The Kier molecular flexibility index (Phi) is 5.70. The Hall–Kier alpha value is -4.61. The van der Waals surface area contributed by atoms with Gasteiger partial charge in [-0.3, -0.25) is 9.48 Å². The highest BCUT2D eigenvalue weighted by Gasteiger charge is 2.50. The summed E-state index contributed by atoms with van der Waals surface area (Å²) in [4.78, 5) is 15.2. The fourth-order valence-corrected chi connectivity index (χ4v) is 4.39. The van der Waals surface area contributed by atoms with Crippen molar-refractivity contribution in [2.45, 2.75) is 24.6 Å². The number of carbonyl (C=O) groups excluding carboxylic acids is 1. The van der Waals surface area contributed by atoms with E-state index in [9.17, 15) is 18.0 Å². The predicted octanol–water partition coefficient (Wildman–Crippen LogP) is 5.10. The Morgan fingerprint density at radius 2 is 1.95 bits per heavy atom. The number of nitrogens with zero attached hydrogens (tertiary/aromatic N) is 5. The standard InChI is InChI=1S/C27H25F3N6O3/c1-4-26(13-14-36(25(26)37)15-17-5-11-20(38-3)12-6-17)24-33-32-23(39-24)21-16-35(2)34-22(21)31-19-9-7-18(8-10-19)27(28,29)30/h4-12,16H,1,13-15H2,2-3H3,(H,31,34)/t26-/m0/s1/i2D3. The molecule has 3 heterocycles. The van der Waals surface area contributed by atoms with E-state index in [2.05, 4.69) is 27.2 Å². The second-order valence-electron chi connectivity index (χ2n) is 8.95. The molecule has 1 fully saturated rings. The largest absolute Gasteiger partial charge is 0.497 e. The molecule has 12 heteroatoms. The molecule has 39 heavy (non-hydrogen) atoms. The molecule has 0 radical (unpaired) electrons. The van der Waals surface area contributed by atoms with E-state index in [1.54, 1.807) is 24.1 Å². The third-order valence-electron chi connectivity index (χ3n) is 6.55. The predicted molar refractivity (Wildman–Crippen MR) is 136 cm³/mol. The van der Waals surface area contributed by atoms with Gasteiger partial charge in [0, 0.05) is 36.1 Å². The van der Waals surface area contributed by atoms with Crippen molar-refractivity contribution < 1.29 is 31.2 Å². The monoisotopic (exact) mass is 541 g/mol. The summed E-state index contributed by atoms with van der Waals surface area (Å²) in [5, 5.41) is 15.0. The van der Waals surface area contributed by atoms with Gasteiger partial charge in [-0.1, -0.05) is 18.2 Å². The number of benzene rings is 2. The number of aryl methyl sites for hydroxylation is 1. The Morgan fingerprint density at radius 3 is 2.59 bits per heavy atom. The lowest BCUT2D eigenvalue weighted by Crippen LogP contribution is -2.36. The molecule has 5 rings (SSSR count). The minimum absolute atomic E-state index is 0.0307.